The zero-order valence-electron chi connectivity index (χ0n) is 21.8. The van der Waals surface area contributed by atoms with Crippen LogP contribution in [-0.4, -0.2) is 54.7 Å². The van der Waals surface area contributed by atoms with Gasteiger partial charge in [-0.15, -0.1) is 0 Å². The van der Waals surface area contributed by atoms with Crippen LogP contribution in [0.15, 0.2) is 23.8 Å². The van der Waals surface area contributed by atoms with Crippen LogP contribution in [0.1, 0.15) is 68.7 Å². The van der Waals surface area contributed by atoms with Crippen molar-refractivity contribution in [2.45, 2.75) is 110 Å². The minimum atomic E-state index is -4.19. The standard InChI is InChI=1S/C23H45O7PSi/c1-20(2,3)28-31(26,29-21(4,5)6)30-23(19(25)16-24)15-13-12-14-18(23)17-27-32(10,11)22(7,8)9/h12-14,19,24-25H,15-17H2,1-11H3. The zero-order chi connectivity index (χ0) is 25.2. The molecular formula is C23H45O7PSi. The summed E-state index contributed by atoms with van der Waals surface area (Å²) in [4.78, 5) is 0. The minimum Gasteiger partial charge on any atom is -0.413 e. The molecule has 0 amide bonds. The van der Waals surface area contributed by atoms with E-state index in [1.165, 1.54) is 0 Å². The highest BCUT2D eigenvalue weighted by Gasteiger charge is 2.52. The second-order valence-electron chi connectivity index (χ2n) is 11.9. The molecule has 1 rings (SSSR count). The molecule has 0 aromatic rings. The van der Waals surface area contributed by atoms with Gasteiger partial charge in [0.1, 0.15) is 11.7 Å². The van der Waals surface area contributed by atoms with Crippen LogP contribution in [0.25, 0.3) is 0 Å². The average molecular weight is 493 g/mol. The molecule has 0 saturated heterocycles. The van der Waals surface area contributed by atoms with Crippen LogP contribution in [0.2, 0.25) is 18.1 Å². The van der Waals surface area contributed by atoms with Crippen LogP contribution < -0.4 is 0 Å². The van der Waals surface area contributed by atoms with Gasteiger partial charge in [0.05, 0.1) is 24.4 Å². The van der Waals surface area contributed by atoms with Gasteiger partial charge in [-0.2, -0.15) is 0 Å². The molecule has 0 fully saturated rings. The van der Waals surface area contributed by atoms with Gasteiger partial charge >= 0.3 is 7.82 Å². The van der Waals surface area contributed by atoms with E-state index in [-0.39, 0.29) is 18.1 Å². The molecule has 1 aliphatic rings. The molecule has 9 heteroatoms. The van der Waals surface area contributed by atoms with Gasteiger partial charge in [-0.05, 0) is 65.2 Å². The molecule has 0 heterocycles. The maximum Gasteiger partial charge on any atom is 0.476 e. The van der Waals surface area contributed by atoms with Gasteiger partial charge in [0.25, 0.3) is 0 Å². The van der Waals surface area contributed by atoms with Crippen molar-refractivity contribution < 1.29 is 32.8 Å². The first kappa shape index (κ1) is 29.7. The number of phosphoric acid groups is 1. The van der Waals surface area contributed by atoms with E-state index >= 15 is 0 Å². The lowest BCUT2D eigenvalue weighted by Gasteiger charge is -2.44. The fourth-order valence-corrected chi connectivity index (χ4v) is 6.04. The van der Waals surface area contributed by atoms with Crippen LogP contribution >= 0.6 is 7.82 Å². The summed E-state index contributed by atoms with van der Waals surface area (Å²) in [5.41, 5.74) is -2.60. The highest BCUT2D eigenvalue weighted by atomic mass is 31.2. The summed E-state index contributed by atoms with van der Waals surface area (Å²) < 4.78 is 38.1. The molecule has 0 aromatic heterocycles. The Morgan fingerprint density at radius 1 is 1.06 bits per heavy atom. The second kappa shape index (κ2) is 10.1. The lowest BCUT2D eigenvalue weighted by molar-refractivity contribution is -0.0935. The van der Waals surface area contributed by atoms with Crippen LogP contribution in [0.4, 0.5) is 0 Å². The molecule has 32 heavy (non-hydrogen) atoms. The second-order valence-corrected chi connectivity index (χ2v) is 18.2. The first-order chi connectivity index (χ1) is 14.2. The van der Waals surface area contributed by atoms with Crippen molar-refractivity contribution >= 4 is 16.1 Å². The van der Waals surface area contributed by atoms with Gasteiger partial charge in [-0.3, -0.25) is 13.6 Å². The highest BCUT2D eigenvalue weighted by molar-refractivity contribution is 7.48. The molecule has 2 N–H and O–H groups in total. The largest absolute Gasteiger partial charge is 0.476 e. The van der Waals surface area contributed by atoms with E-state index in [2.05, 4.69) is 33.9 Å². The van der Waals surface area contributed by atoms with Gasteiger partial charge in [0.2, 0.25) is 0 Å². The number of allylic oxidation sites excluding steroid dienone is 2. The van der Waals surface area contributed by atoms with Crippen molar-refractivity contribution in [1.29, 1.82) is 0 Å². The van der Waals surface area contributed by atoms with E-state index in [1.54, 1.807) is 53.7 Å². The Bertz CT molecular complexity index is 721. The monoisotopic (exact) mass is 492 g/mol. The van der Waals surface area contributed by atoms with E-state index in [9.17, 15) is 14.8 Å². The van der Waals surface area contributed by atoms with Crippen LogP contribution in [0, 0.1) is 0 Å². The number of phosphoric ester groups is 1. The molecule has 2 atom stereocenters. The number of hydrogen-bond donors (Lipinski definition) is 2. The lowest BCUT2D eigenvalue weighted by Crippen LogP contribution is -2.51. The summed E-state index contributed by atoms with van der Waals surface area (Å²) in [5.74, 6) is 0. The molecular weight excluding hydrogens is 447 g/mol. The lowest BCUT2D eigenvalue weighted by atomic mass is 9.82. The van der Waals surface area contributed by atoms with Crippen molar-refractivity contribution in [2.75, 3.05) is 13.2 Å². The summed E-state index contributed by atoms with van der Waals surface area (Å²) in [6, 6.07) is 0. The summed E-state index contributed by atoms with van der Waals surface area (Å²) in [6.45, 7) is 20.8. The van der Waals surface area contributed by atoms with E-state index in [1.807, 2.05) is 6.08 Å². The molecule has 0 aliphatic heterocycles. The third-order valence-electron chi connectivity index (χ3n) is 5.55. The first-order valence-corrected chi connectivity index (χ1v) is 15.5. The van der Waals surface area contributed by atoms with E-state index < -0.39 is 45.7 Å². The number of aliphatic hydroxyl groups is 2. The topological polar surface area (TPSA) is 94.5 Å². The van der Waals surface area contributed by atoms with Crippen LogP contribution in [-0.2, 0) is 22.6 Å². The van der Waals surface area contributed by atoms with Gasteiger partial charge in [-0.25, -0.2) is 4.57 Å². The van der Waals surface area contributed by atoms with E-state index in [4.69, 9.17) is 18.0 Å². The average Bonchev–Trinajstić information content (AvgIpc) is 2.55. The molecule has 0 saturated carbocycles. The summed E-state index contributed by atoms with van der Waals surface area (Å²) in [7, 11) is -6.32. The molecule has 0 bridgehead atoms. The van der Waals surface area contributed by atoms with Crippen molar-refractivity contribution in [2.24, 2.45) is 0 Å². The summed E-state index contributed by atoms with van der Waals surface area (Å²) >= 11 is 0. The maximum absolute atomic E-state index is 13.9. The third kappa shape index (κ3) is 8.17. The van der Waals surface area contributed by atoms with Crippen LogP contribution in [0.5, 0.6) is 0 Å². The Balaban J connectivity index is 3.44. The molecule has 0 radical (unpaired) electrons. The molecule has 2 unspecified atom stereocenters. The Morgan fingerprint density at radius 3 is 1.97 bits per heavy atom. The normalized spacial score (nSPS) is 22.1. The predicted octanol–water partition coefficient (Wildman–Crippen LogP) is 5.74. The Morgan fingerprint density at radius 2 is 1.56 bits per heavy atom. The van der Waals surface area contributed by atoms with Gasteiger partial charge in [0, 0.05) is 6.42 Å². The van der Waals surface area contributed by atoms with Crippen molar-refractivity contribution in [3.63, 3.8) is 0 Å². The first-order valence-electron chi connectivity index (χ1n) is 11.2. The van der Waals surface area contributed by atoms with Crippen molar-refractivity contribution in [3.05, 3.63) is 23.8 Å². The Hall–Kier alpha value is -0.313. The number of hydrogen-bond acceptors (Lipinski definition) is 7. The van der Waals surface area contributed by atoms with Crippen molar-refractivity contribution in [1.82, 2.24) is 0 Å². The molecule has 0 spiro atoms. The minimum absolute atomic E-state index is 0.0167. The quantitative estimate of drug-likeness (QED) is 0.313. The van der Waals surface area contributed by atoms with E-state index in [0.29, 0.717) is 5.57 Å². The highest BCUT2D eigenvalue weighted by Crippen LogP contribution is 2.60. The van der Waals surface area contributed by atoms with Gasteiger partial charge in [-0.1, -0.05) is 39.0 Å². The van der Waals surface area contributed by atoms with E-state index in [0.717, 1.165) is 0 Å². The third-order valence-corrected chi connectivity index (χ3v) is 12.1. The number of aliphatic hydroxyl groups excluding tert-OH is 2. The molecule has 188 valence electrons. The molecule has 0 aromatic carbocycles. The van der Waals surface area contributed by atoms with Crippen molar-refractivity contribution in [3.8, 4) is 0 Å². The fraction of sp³-hybridized carbons (Fsp3) is 0.826. The van der Waals surface area contributed by atoms with Gasteiger partial charge in [0.15, 0.2) is 8.32 Å². The van der Waals surface area contributed by atoms with Gasteiger partial charge < -0.3 is 14.6 Å². The SMILES string of the molecule is CC(C)(C)OP(=O)(OC(C)(C)C)OC1(C(O)CO)CC=CC=C1CO[Si](C)(C)C(C)(C)C. The summed E-state index contributed by atoms with van der Waals surface area (Å²) in [5, 5.41) is 20.8. The predicted molar refractivity (Wildman–Crippen MR) is 131 cm³/mol. The molecule has 1 aliphatic carbocycles. The zero-order valence-corrected chi connectivity index (χ0v) is 23.7. The smallest absolute Gasteiger partial charge is 0.413 e. The fourth-order valence-electron chi connectivity index (χ4n) is 2.92. The Kier molecular flexibility index (Phi) is 9.40. The summed E-state index contributed by atoms with van der Waals surface area (Å²) in [6.07, 6.45) is 4.26. The number of rotatable bonds is 9. The molecule has 7 nitrogen and oxygen atoms in total. The maximum atomic E-state index is 13.9. The van der Waals surface area contributed by atoms with Crippen LogP contribution in [0.3, 0.4) is 0 Å². The Labute approximate surface area is 195 Å².